The number of carbonyl (C=O) groups excluding carboxylic acids is 1. The number of allylic oxidation sites excluding steroid dienone is 1. The van der Waals surface area contributed by atoms with Gasteiger partial charge < -0.3 is 0 Å². The maximum atomic E-state index is 11.6. The van der Waals surface area contributed by atoms with E-state index in [1.165, 1.54) is 12.8 Å². The smallest absolute Gasteiger partial charge is 0.155 e. The van der Waals surface area contributed by atoms with Crippen molar-refractivity contribution < 1.29 is 4.79 Å². The average molecular weight is 209 g/mol. The van der Waals surface area contributed by atoms with Crippen molar-refractivity contribution in [2.75, 3.05) is 13.6 Å². The Bertz CT molecular complexity index is 250. The van der Waals surface area contributed by atoms with Crippen molar-refractivity contribution in [2.24, 2.45) is 5.41 Å². The normalized spacial score (nSPS) is 23.9. The summed E-state index contributed by atoms with van der Waals surface area (Å²) in [7, 11) is 2.12. The Hall–Kier alpha value is -0.630. The van der Waals surface area contributed by atoms with Gasteiger partial charge in [-0.3, -0.25) is 9.69 Å². The fraction of sp³-hybridized carbons (Fsp3) is 0.769. The summed E-state index contributed by atoms with van der Waals surface area (Å²) in [6.07, 6.45) is 6.92. The van der Waals surface area contributed by atoms with Gasteiger partial charge in [0.2, 0.25) is 0 Å². The molecule has 0 amide bonds. The fourth-order valence-electron chi connectivity index (χ4n) is 1.98. The first kappa shape index (κ1) is 12.4. The Morgan fingerprint density at radius 1 is 1.47 bits per heavy atom. The Balaban J connectivity index is 2.40. The molecule has 1 rings (SSSR count). The zero-order chi connectivity index (χ0) is 11.5. The zero-order valence-corrected chi connectivity index (χ0v) is 10.4. The molecule has 1 fully saturated rings. The van der Waals surface area contributed by atoms with Crippen molar-refractivity contribution in [3.8, 4) is 0 Å². The van der Waals surface area contributed by atoms with Crippen molar-refractivity contribution >= 4 is 5.78 Å². The topological polar surface area (TPSA) is 20.3 Å². The standard InChI is InChI=1S/C13H23NO/c1-13(2,3)10-12(15)8-7-11-6-5-9-14(11)4/h7-8,11H,5-6,9-10H2,1-4H3/b8-7+/t11-/m1/s1. The van der Waals surface area contributed by atoms with Crippen LogP contribution < -0.4 is 0 Å². The van der Waals surface area contributed by atoms with Crippen LogP contribution >= 0.6 is 0 Å². The van der Waals surface area contributed by atoms with Crippen LogP contribution in [0.25, 0.3) is 0 Å². The Morgan fingerprint density at radius 3 is 2.60 bits per heavy atom. The lowest BCUT2D eigenvalue weighted by atomic mass is 9.90. The molecule has 1 heterocycles. The van der Waals surface area contributed by atoms with Gasteiger partial charge in [0.25, 0.3) is 0 Å². The highest BCUT2D eigenvalue weighted by atomic mass is 16.1. The monoisotopic (exact) mass is 209 g/mol. The number of nitrogens with zero attached hydrogens (tertiary/aromatic N) is 1. The van der Waals surface area contributed by atoms with Gasteiger partial charge in [0.15, 0.2) is 5.78 Å². The van der Waals surface area contributed by atoms with E-state index in [1.807, 2.05) is 0 Å². The fourth-order valence-corrected chi connectivity index (χ4v) is 1.98. The molecular weight excluding hydrogens is 186 g/mol. The lowest BCUT2D eigenvalue weighted by molar-refractivity contribution is -0.116. The molecular formula is C13H23NO. The van der Waals surface area contributed by atoms with Crippen LogP contribution in [0, 0.1) is 5.41 Å². The zero-order valence-electron chi connectivity index (χ0n) is 10.4. The Labute approximate surface area is 93.3 Å². The van der Waals surface area contributed by atoms with E-state index in [0.29, 0.717) is 12.5 Å². The van der Waals surface area contributed by atoms with Crippen LogP contribution in [0.3, 0.4) is 0 Å². The third kappa shape index (κ3) is 4.61. The highest BCUT2D eigenvalue weighted by molar-refractivity contribution is 5.90. The maximum Gasteiger partial charge on any atom is 0.155 e. The van der Waals surface area contributed by atoms with Crippen molar-refractivity contribution in [1.82, 2.24) is 4.90 Å². The quantitative estimate of drug-likeness (QED) is 0.666. The Kier molecular flexibility index (Phi) is 4.09. The number of ketones is 1. The molecule has 0 radical (unpaired) electrons. The van der Waals surface area contributed by atoms with E-state index in [9.17, 15) is 4.79 Å². The number of hydrogen-bond acceptors (Lipinski definition) is 2. The summed E-state index contributed by atoms with van der Waals surface area (Å²) < 4.78 is 0. The molecule has 0 aromatic rings. The SMILES string of the molecule is CN1CCC[C@@H]1/C=C/C(=O)CC(C)(C)C. The van der Waals surface area contributed by atoms with E-state index in [2.05, 4.69) is 38.8 Å². The molecule has 15 heavy (non-hydrogen) atoms. The molecule has 86 valence electrons. The van der Waals surface area contributed by atoms with Crippen molar-refractivity contribution in [3.63, 3.8) is 0 Å². The van der Waals surface area contributed by atoms with Crippen LogP contribution in [0.5, 0.6) is 0 Å². The second-order valence-electron chi connectivity index (χ2n) is 5.75. The molecule has 0 N–H and O–H groups in total. The number of likely N-dealkylation sites (tertiary alicyclic amines) is 1. The van der Waals surface area contributed by atoms with Crippen molar-refractivity contribution in [2.45, 2.75) is 46.1 Å². The Morgan fingerprint density at radius 2 is 2.13 bits per heavy atom. The number of carbonyl (C=O) groups is 1. The number of rotatable bonds is 3. The summed E-state index contributed by atoms with van der Waals surface area (Å²) in [5.41, 5.74) is 0.100. The molecule has 0 spiro atoms. The van der Waals surface area contributed by atoms with E-state index >= 15 is 0 Å². The highest BCUT2D eigenvalue weighted by Crippen LogP contribution is 2.20. The van der Waals surface area contributed by atoms with Crippen LogP contribution in [0.4, 0.5) is 0 Å². The van der Waals surface area contributed by atoms with Crippen LogP contribution in [0.15, 0.2) is 12.2 Å². The molecule has 1 aliphatic heterocycles. The van der Waals surface area contributed by atoms with Gasteiger partial charge in [-0.1, -0.05) is 26.8 Å². The molecule has 2 heteroatoms. The van der Waals surface area contributed by atoms with Gasteiger partial charge in [-0.05, 0) is 37.9 Å². The van der Waals surface area contributed by atoms with Crippen molar-refractivity contribution in [3.05, 3.63) is 12.2 Å². The third-order valence-electron chi connectivity index (χ3n) is 2.79. The molecule has 0 saturated carbocycles. The minimum absolute atomic E-state index is 0.100. The molecule has 1 atom stereocenters. The van der Waals surface area contributed by atoms with Crippen LogP contribution in [-0.2, 0) is 4.79 Å². The summed E-state index contributed by atoms with van der Waals surface area (Å²) in [4.78, 5) is 13.9. The summed E-state index contributed by atoms with van der Waals surface area (Å²) in [6, 6.07) is 0.480. The minimum atomic E-state index is 0.100. The molecule has 0 aliphatic carbocycles. The molecule has 1 aliphatic rings. The second kappa shape index (κ2) is 4.93. The van der Waals surface area contributed by atoms with Gasteiger partial charge >= 0.3 is 0 Å². The van der Waals surface area contributed by atoms with E-state index < -0.39 is 0 Å². The largest absolute Gasteiger partial charge is 0.300 e. The van der Waals surface area contributed by atoms with Crippen molar-refractivity contribution in [1.29, 1.82) is 0 Å². The van der Waals surface area contributed by atoms with E-state index in [1.54, 1.807) is 6.08 Å². The van der Waals surface area contributed by atoms with Crippen LogP contribution in [0.1, 0.15) is 40.0 Å². The first-order valence-corrected chi connectivity index (χ1v) is 5.80. The molecule has 1 saturated heterocycles. The second-order valence-corrected chi connectivity index (χ2v) is 5.75. The maximum absolute atomic E-state index is 11.6. The third-order valence-corrected chi connectivity index (χ3v) is 2.79. The van der Waals surface area contributed by atoms with Gasteiger partial charge in [-0.2, -0.15) is 0 Å². The summed E-state index contributed by atoms with van der Waals surface area (Å²) in [5.74, 6) is 0.253. The van der Waals surface area contributed by atoms with Gasteiger partial charge in [-0.15, -0.1) is 0 Å². The minimum Gasteiger partial charge on any atom is -0.300 e. The van der Waals surface area contributed by atoms with E-state index in [4.69, 9.17) is 0 Å². The van der Waals surface area contributed by atoms with Crippen LogP contribution in [0.2, 0.25) is 0 Å². The highest BCUT2D eigenvalue weighted by Gasteiger charge is 2.19. The average Bonchev–Trinajstić information content (AvgIpc) is 2.44. The molecule has 0 aromatic heterocycles. The van der Waals surface area contributed by atoms with Gasteiger partial charge in [0, 0.05) is 12.5 Å². The summed E-state index contributed by atoms with van der Waals surface area (Å²) >= 11 is 0. The predicted molar refractivity (Wildman–Crippen MR) is 63.9 cm³/mol. The summed E-state index contributed by atoms with van der Waals surface area (Å²) in [5, 5.41) is 0. The van der Waals surface area contributed by atoms with E-state index in [0.717, 1.165) is 6.54 Å². The lowest BCUT2D eigenvalue weighted by Crippen LogP contribution is -2.22. The molecule has 0 aromatic carbocycles. The van der Waals surface area contributed by atoms with Crippen LogP contribution in [-0.4, -0.2) is 30.3 Å². The van der Waals surface area contributed by atoms with Gasteiger partial charge in [0.1, 0.15) is 0 Å². The molecule has 0 bridgehead atoms. The first-order valence-electron chi connectivity index (χ1n) is 5.80. The van der Waals surface area contributed by atoms with Gasteiger partial charge in [0.05, 0.1) is 0 Å². The van der Waals surface area contributed by atoms with E-state index in [-0.39, 0.29) is 11.2 Å². The predicted octanol–water partition coefficient (Wildman–Crippen LogP) is 2.64. The molecule has 0 unspecified atom stereocenters. The first-order chi connectivity index (χ1) is 6.88. The summed E-state index contributed by atoms with van der Waals surface area (Å²) in [6.45, 7) is 7.45. The van der Waals surface area contributed by atoms with Gasteiger partial charge in [-0.25, -0.2) is 0 Å². The lowest BCUT2D eigenvalue weighted by Gasteiger charge is -2.17. The number of hydrogen-bond donors (Lipinski definition) is 0. The number of likely N-dealkylation sites (N-methyl/N-ethyl adjacent to an activating group) is 1. The molecule has 2 nitrogen and oxygen atoms in total.